The van der Waals surface area contributed by atoms with Crippen LogP contribution in [-0.2, 0) is 14.3 Å². The number of para-hydroxylation sites is 1. The second kappa shape index (κ2) is 7.20. The third-order valence-electron chi connectivity index (χ3n) is 5.85. The Balaban J connectivity index is 1.55. The molecule has 150 valence electrons. The molecule has 28 heavy (non-hydrogen) atoms. The maximum absolute atomic E-state index is 13.2. The minimum Gasteiger partial charge on any atom is -0.375 e. The van der Waals surface area contributed by atoms with Crippen molar-refractivity contribution in [2.45, 2.75) is 57.2 Å². The molecule has 0 aliphatic carbocycles. The van der Waals surface area contributed by atoms with E-state index >= 15 is 0 Å². The summed E-state index contributed by atoms with van der Waals surface area (Å²) in [6, 6.07) is 6.62. The first-order valence-corrected chi connectivity index (χ1v) is 10.0. The van der Waals surface area contributed by atoms with Crippen molar-refractivity contribution in [1.82, 2.24) is 10.2 Å². The first-order chi connectivity index (χ1) is 13.4. The molecule has 3 amide bonds. The van der Waals surface area contributed by atoms with Crippen LogP contribution in [0.2, 0.25) is 0 Å². The number of anilines is 1. The average molecular weight is 385 g/mol. The average Bonchev–Trinajstić information content (AvgIpc) is 3.11. The molecule has 0 spiro atoms. The van der Waals surface area contributed by atoms with Gasteiger partial charge in [0.1, 0.15) is 12.6 Å². The third kappa shape index (κ3) is 3.51. The summed E-state index contributed by atoms with van der Waals surface area (Å²) in [7, 11) is 0. The zero-order chi connectivity index (χ0) is 19.9. The van der Waals surface area contributed by atoms with E-state index in [1.54, 1.807) is 29.2 Å². The molecule has 0 bridgehead atoms. The largest absolute Gasteiger partial charge is 0.375 e. The smallest absolute Gasteiger partial charge is 0.256 e. The fourth-order valence-electron chi connectivity index (χ4n) is 4.54. The number of benzene rings is 1. The van der Waals surface area contributed by atoms with Gasteiger partial charge >= 0.3 is 0 Å². The highest BCUT2D eigenvalue weighted by atomic mass is 16.5. The van der Waals surface area contributed by atoms with Gasteiger partial charge in [0.15, 0.2) is 0 Å². The quantitative estimate of drug-likeness (QED) is 0.859. The van der Waals surface area contributed by atoms with E-state index < -0.39 is 6.04 Å². The molecule has 0 radical (unpaired) electrons. The fourth-order valence-corrected chi connectivity index (χ4v) is 4.54. The maximum atomic E-state index is 13.2. The molecule has 2 atom stereocenters. The van der Waals surface area contributed by atoms with Crippen molar-refractivity contribution in [3.63, 3.8) is 0 Å². The highest BCUT2D eigenvalue weighted by Gasteiger charge is 2.42. The predicted octanol–water partition coefficient (Wildman–Crippen LogP) is 1.71. The van der Waals surface area contributed by atoms with E-state index in [0.717, 1.165) is 19.3 Å². The molecule has 4 rings (SSSR count). The lowest BCUT2D eigenvalue weighted by Gasteiger charge is -2.36. The van der Waals surface area contributed by atoms with Crippen molar-refractivity contribution in [2.75, 3.05) is 24.6 Å². The summed E-state index contributed by atoms with van der Waals surface area (Å²) in [4.78, 5) is 42.0. The van der Waals surface area contributed by atoms with Gasteiger partial charge in [0.2, 0.25) is 11.8 Å². The first-order valence-electron chi connectivity index (χ1n) is 10.0. The number of rotatable bonds is 3. The van der Waals surface area contributed by atoms with Crippen LogP contribution in [-0.4, -0.2) is 60.0 Å². The van der Waals surface area contributed by atoms with E-state index in [1.807, 2.05) is 13.8 Å². The van der Waals surface area contributed by atoms with Gasteiger partial charge in [-0.25, -0.2) is 0 Å². The number of nitrogens with zero attached hydrogens (tertiary/aromatic N) is 2. The Morgan fingerprint density at radius 3 is 2.82 bits per heavy atom. The van der Waals surface area contributed by atoms with E-state index in [-0.39, 0.29) is 35.9 Å². The van der Waals surface area contributed by atoms with Crippen LogP contribution in [0.25, 0.3) is 0 Å². The number of hydrogen-bond donors (Lipinski definition) is 1. The van der Waals surface area contributed by atoms with Crippen molar-refractivity contribution >= 4 is 23.4 Å². The van der Waals surface area contributed by atoms with Crippen molar-refractivity contribution in [2.24, 2.45) is 0 Å². The van der Waals surface area contributed by atoms with E-state index in [1.165, 1.54) is 4.90 Å². The molecule has 1 aromatic rings. The Kier molecular flexibility index (Phi) is 4.87. The maximum Gasteiger partial charge on any atom is 0.256 e. The second-order valence-corrected chi connectivity index (χ2v) is 8.46. The Bertz CT molecular complexity index is 807. The zero-order valence-corrected chi connectivity index (χ0v) is 16.4. The topological polar surface area (TPSA) is 79.0 Å². The summed E-state index contributed by atoms with van der Waals surface area (Å²) >= 11 is 0. The number of ether oxygens (including phenoxy) is 1. The number of carbonyl (C=O) groups is 3. The first kappa shape index (κ1) is 18.9. The molecule has 7 nitrogen and oxygen atoms in total. The zero-order valence-electron chi connectivity index (χ0n) is 16.4. The van der Waals surface area contributed by atoms with Crippen LogP contribution in [0.4, 0.5) is 5.69 Å². The lowest BCUT2D eigenvalue weighted by molar-refractivity contribution is -0.127. The molecule has 2 saturated heterocycles. The summed E-state index contributed by atoms with van der Waals surface area (Å²) in [5.41, 5.74) is 0.743. The van der Waals surface area contributed by atoms with Crippen LogP contribution in [0.1, 0.15) is 49.9 Å². The highest BCUT2D eigenvalue weighted by molar-refractivity contribution is 6.12. The van der Waals surface area contributed by atoms with Crippen molar-refractivity contribution in [3.05, 3.63) is 29.8 Å². The Morgan fingerprint density at radius 1 is 1.25 bits per heavy atom. The number of amides is 3. The molecule has 1 N–H and O–H groups in total. The van der Waals surface area contributed by atoms with Crippen LogP contribution < -0.4 is 10.2 Å². The van der Waals surface area contributed by atoms with E-state index in [2.05, 4.69) is 5.32 Å². The van der Waals surface area contributed by atoms with Gasteiger partial charge in [0.25, 0.3) is 5.91 Å². The SMILES string of the molecule is CC1(C)CC(NC(=O)CN2C(=O)C3CCCN3C(=O)c3ccccc32)CCO1. The third-order valence-corrected chi connectivity index (χ3v) is 5.85. The fraction of sp³-hybridized carbons (Fsp3) is 0.571. The van der Waals surface area contributed by atoms with E-state index in [0.29, 0.717) is 30.8 Å². The molecular weight excluding hydrogens is 358 g/mol. The Hall–Kier alpha value is -2.41. The van der Waals surface area contributed by atoms with Gasteiger partial charge in [-0.1, -0.05) is 12.1 Å². The van der Waals surface area contributed by atoms with Crippen LogP contribution in [0.5, 0.6) is 0 Å². The van der Waals surface area contributed by atoms with Gasteiger partial charge in [0, 0.05) is 19.2 Å². The lowest BCUT2D eigenvalue weighted by atomic mass is 9.94. The molecule has 3 aliphatic rings. The van der Waals surface area contributed by atoms with Crippen molar-refractivity contribution < 1.29 is 19.1 Å². The molecular formula is C21H27N3O4. The van der Waals surface area contributed by atoms with Gasteiger partial charge in [-0.05, 0) is 51.7 Å². The molecule has 3 heterocycles. The Labute approximate surface area is 165 Å². The number of fused-ring (bicyclic) bond motifs is 2. The standard InChI is InChI=1S/C21H27N3O4/c1-21(2)12-14(9-11-28-21)22-18(25)13-24-16-7-4-3-6-15(16)19(26)23-10-5-8-17(23)20(24)27/h3-4,6-7,14,17H,5,8-13H2,1-2H3,(H,22,25). The summed E-state index contributed by atoms with van der Waals surface area (Å²) in [5, 5.41) is 3.05. The van der Waals surface area contributed by atoms with Gasteiger partial charge < -0.3 is 19.9 Å². The molecule has 1 aromatic carbocycles. The van der Waals surface area contributed by atoms with Gasteiger partial charge in [-0.3, -0.25) is 14.4 Å². The lowest BCUT2D eigenvalue weighted by Crippen LogP contribution is -2.51. The number of nitrogens with one attached hydrogen (secondary N) is 1. The van der Waals surface area contributed by atoms with Gasteiger partial charge in [-0.2, -0.15) is 0 Å². The summed E-state index contributed by atoms with van der Waals surface area (Å²) in [6.07, 6.45) is 2.94. The van der Waals surface area contributed by atoms with Gasteiger partial charge in [-0.15, -0.1) is 0 Å². The monoisotopic (exact) mass is 385 g/mol. The Morgan fingerprint density at radius 2 is 2.04 bits per heavy atom. The minimum absolute atomic E-state index is 0.0261. The minimum atomic E-state index is -0.477. The number of hydrogen-bond acceptors (Lipinski definition) is 4. The number of carbonyl (C=O) groups excluding carboxylic acids is 3. The van der Waals surface area contributed by atoms with Crippen molar-refractivity contribution in [3.8, 4) is 0 Å². The van der Waals surface area contributed by atoms with Crippen LogP contribution in [0, 0.1) is 0 Å². The van der Waals surface area contributed by atoms with Crippen LogP contribution >= 0.6 is 0 Å². The molecule has 7 heteroatoms. The summed E-state index contributed by atoms with van der Waals surface area (Å²) in [5.74, 6) is -0.497. The normalized spacial score (nSPS) is 26.5. The van der Waals surface area contributed by atoms with E-state index in [9.17, 15) is 14.4 Å². The van der Waals surface area contributed by atoms with Gasteiger partial charge in [0.05, 0.1) is 16.9 Å². The van der Waals surface area contributed by atoms with Crippen LogP contribution in [0.15, 0.2) is 24.3 Å². The van der Waals surface area contributed by atoms with E-state index in [4.69, 9.17) is 4.74 Å². The molecule has 0 saturated carbocycles. The molecule has 3 aliphatic heterocycles. The predicted molar refractivity (Wildman–Crippen MR) is 104 cm³/mol. The molecule has 0 aromatic heterocycles. The molecule has 2 unspecified atom stereocenters. The summed E-state index contributed by atoms with van der Waals surface area (Å²) in [6.45, 7) is 5.14. The van der Waals surface area contributed by atoms with Crippen LogP contribution in [0.3, 0.4) is 0 Å². The highest BCUT2D eigenvalue weighted by Crippen LogP contribution is 2.32. The molecule has 2 fully saturated rings. The van der Waals surface area contributed by atoms with Crippen molar-refractivity contribution in [1.29, 1.82) is 0 Å². The summed E-state index contributed by atoms with van der Waals surface area (Å²) < 4.78 is 5.71. The second-order valence-electron chi connectivity index (χ2n) is 8.46.